The summed E-state index contributed by atoms with van der Waals surface area (Å²) in [7, 11) is 0. The molecule has 1 heterocycles. The van der Waals surface area contributed by atoms with Crippen molar-refractivity contribution >= 4 is 11.8 Å². The van der Waals surface area contributed by atoms with Crippen molar-refractivity contribution in [2.45, 2.75) is 0 Å². The molecule has 2 rings (SSSR count). The maximum Gasteiger partial charge on any atom is 0.285 e. The highest BCUT2D eigenvalue weighted by atomic mass is 16.5. The molecule has 0 radical (unpaired) electrons. The Balaban J connectivity index is 0.000000845. The summed E-state index contributed by atoms with van der Waals surface area (Å²) in [5.41, 5.74) is 0.509. The van der Waals surface area contributed by atoms with Gasteiger partial charge in [0.15, 0.2) is 0 Å². The van der Waals surface area contributed by atoms with Crippen LogP contribution in [0.4, 0.5) is 0 Å². The molecule has 1 aliphatic rings. The Hall–Kier alpha value is -1.72. The van der Waals surface area contributed by atoms with E-state index in [1.165, 1.54) is 12.1 Å². The minimum Gasteiger partial charge on any atom is -0.369 e. The molecule has 0 aliphatic carbocycles. The first-order valence-corrected chi connectivity index (χ1v) is 3.38. The molecule has 2 amide bonds. The third kappa shape index (κ3) is 1.10. The topological polar surface area (TPSA) is 94.1 Å². The van der Waals surface area contributed by atoms with Crippen LogP contribution in [0.2, 0.25) is 0 Å². The first-order valence-electron chi connectivity index (χ1n) is 3.38. The van der Waals surface area contributed by atoms with Crippen LogP contribution >= 0.6 is 0 Å². The maximum absolute atomic E-state index is 11.1. The number of quaternary nitrogens is 1. The van der Waals surface area contributed by atoms with E-state index in [1.807, 2.05) is 0 Å². The monoisotopic (exact) mass is 181 g/mol. The van der Waals surface area contributed by atoms with Gasteiger partial charge in [0.05, 0.1) is 11.1 Å². The lowest BCUT2D eigenvalue weighted by Crippen LogP contribution is -2.25. The fraction of sp³-hybridized carbons (Fsp3) is 0. The predicted molar refractivity (Wildman–Crippen MR) is 44.7 cm³/mol. The summed E-state index contributed by atoms with van der Waals surface area (Å²) >= 11 is 0. The second kappa shape index (κ2) is 2.96. The number of hydrogen-bond donors (Lipinski definition) is 2. The number of benzene rings is 1. The zero-order valence-corrected chi connectivity index (χ0v) is 7.02. The molecular weight excluding hydrogens is 172 g/mol. The Morgan fingerprint density at radius 3 is 1.77 bits per heavy atom. The Kier molecular flexibility index (Phi) is 2.14. The van der Waals surface area contributed by atoms with Gasteiger partial charge in [-0.2, -0.15) is 0 Å². The number of rotatable bonds is 0. The molecule has 0 unspecified atom stereocenters. The van der Waals surface area contributed by atoms with Gasteiger partial charge in [-0.1, -0.05) is 12.1 Å². The Morgan fingerprint density at radius 1 is 1.00 bits per heavy atom. The molecule has 1 aliphatic heterocycles. The van der Waals surface area contributed by atoms with Crippen LogP contribution in [0.3, 0.4) is 0 Å². The van der Waals surface area contributed by atoms with E-state index in [1.54, 1.807) is 12.1 Å². The number of imide groups is 1. The van der Waals surface area contributed by atoms with Crippen molar-refractivity contribution in [3.05, 3.63) is 35.4 Å². The highest BCUT2D eigenvalue weighted by Crippen LogP contribution is 2.19. The zero-order valence-electron chi connectivity index (χ0n) is 7.02. The molecule has 0 aromatic heterocycles. The molecule has 0 atom stereocenters. The number of nitrogens with zero attached hydrogens (tertiary/aromatic N) is 1. The maximum atomic E-state index is 11.1. The van der Waals surface area contributed by atoms with Gasteiger partial charge in [0.1, 0.15) is 0 Å². The van der Waals surface area contributed by atoms with E-state index in [2.05, 4.69) is 0 Å². The smallest absolute Gasteiger partial charge is 0.285 e. The average molecular weight is 181 g/mol. The van der Waals surface area contributed by atoms with Gasteiger partial charge in [-0.25, -0.2) is 0 Å². The van der Waals surface area contributed by atoms with Gasteiger partial charge in [0, 0.05) is 0 Å². The molecule has 0 saturated carbocycles. The highest BCUT2D eigenvalue weighted by Gasteiger charge is 2.33. The summed E-state index contributed by atoms with van der Waals surface area (Å²) in [5.74, 6) is -1.31. The second-order valence-corrected chi connectivity index (χ2v) is 2.47. The first-order chi connectivity index (χ1) is 5.72. The molecule has 0 fully saturated rings. The van der Waals surface area contributed by atoms with Crippen molar-refractivity contribution in [3.63, 3.8) is 0 Å². The van der Waals surface area contributed by atoms with E-state index in [9.17, 15) is 9.59 Å². The summed E-state index contributed by atoms with van der Waals surface area (Å²) in [5, 5.41) is 9.05. The normalized spacial score (nSPS) is 14.1. The fourth-order valence-electron chi connectivity index (χ4n) is 1.18. The Bertz CT molecular complexity index is 340. The summed E-state index contributed by atoms with van der Waals surface area (Å²) < 4.78 is 0. The van der Waals surface area contributed by atoms with Gasteiger partial charge in [-0.3, -0.25) is 14.8 Å². The van der Waals surface area contributed by atoms with Crippen molar-refractivity contribution < 1.29 is 14.8 Å². The van der Waals surface area contributed by atoms with E-state index in [0.29, 0.717) is 0 Å². The number of amides is 2. The number of carbonyl (C=O) groups is 2. The van der Waals surface area contributed by atoms with Gasteiger partial charge in [-0.15, -0.1) is 5.06 Å². The Labute approximate surface area is 74.1 Å². The molecule has 5 N–H and O–H groups in total. The molecular formula is C8H9N2O3+. The van der Waals surface area contributed by atoms with E-state index in [0.717, 1.165) is 0 Å². The predicted octanol–water partition coefficient (Wildman–Crippen LogP) is 1.05. The van der Waals surface area contributed by atoms with Crippen LogP contribution in [0.25, 0.3) is 0 Å². The van der Waals surface area contributed by atoms with Crippen LogP contribution in [0.15, 0.2) is 24.3 Å². The van der Waals surface area contributed by atoms with Gasteiger partial charge >= 0.3 is 0 Å². The molecule has 1 aromatic rings. The van der Waals surface area contributed by atoms with E-state index < -0.39 is 11.8 Å². The van der Waals surface area contributed by atoms with Crippen LogP contribution in [-0.2, 0) is 0 Å². The van der Waals surface area contributed by atoms with E-state index in [-0.39, 0.29) is 22.3 Å². The molecule has 13 heavy (non-hydrogen) atoms. The molecule has 1 aromatic carbocycles. The first kappa shape index (κ1) is 9.37. The van der Waals surface area contributed by atoms with E-state index in [4.69, 9.17) is 5.21 Å². The minimum absolute atomic E-state index is 0. The summed E-state index contributed by atoms with van der Waals surface area (Å²) in [4.78, 5) is 22.1. The van der Waals surface area contributed by atoms with Crippen molar-refractivity contribution in [3.8, 4) is 0 Å². The van der Waals surface area contributed by atoms with Crippen LogP contribution in [0.5, 0.6) is 0 Å². The molecule has 0 saturated heterocycles. The van der Waals surface area contributed by atoms with Crippen molar-refractivity contribution in [2.75, 3.05) is 0 Å². The summed E-state index contributed by atoms with van der Waals surface area (Å²) in [6.07, 6.45) is 0. The SMILES string of the molecule is O=C1c2ccccc2C(=O)N1O.[NH4+]. The summed E-state index contributed by atoms with van der Waals surface area (Å²) in [6, 6.07) is 6.30. The van der Waals surface area contributed by atoms with Crippen LogP contribution < -0.4 is 6.15 Å². The number of hydroxylamine groups is 2. The largest absolute Gasteiger partial charge is 0.369 e. The molecule has 68 valence electrons. The average Bonchev–Trinajstić information content (AvgIpc) is 2.33. The second-order valence-electron chi connectivity index (χ2n) is 2.47. The lowest BCUT2D eigenvalue weighted by molar-refractivity contribution is -0.0327. The van der Waals surface area contributed by atoms with Crippen molar-refractivity contribution in [1.82, 2.24) is 11.2 Å². The third-order valence-corrected chi connectivity index (χ3v) is 1.77. The number of fused-ring (bicyclic) bond motifs is 1. The standard InChI is InChI=1S/C8H5NO3.H3N/c10-7-5-3-1-2-4-6(5)8(11)9(7)12;/h1-4,12H;1H3/p+1. The third-order valence-electron chi connectivity index (χ3n) is 1.77. The molecule has 5 nitrogen and oxygen atoms in total. The van der Waals surface area contributed by atoms with Gasteiger partial charge in [0.25, 0.3) is 11.8 Å². The van der Waals surface area contributed by atoms with Crippen LogP contribution in [0, 0.1) is 0 Å². The zero-order chi connectivity index (χ0) is 8.72. The van der Waals surface area contributed by atoms with Crippen molar-refractivity contribution in [2.24, 2.45) is 0 Å². The quantitative estimate of drug-likeness (QED) is 0.462. The lowest BCUT2D eigenvalue weighted by Gasteiger charge is -1.99. The van der Waals surface area contributed by atoms with Crippen molar-refractivity contribution in [1.29, 1.82) is 0 Å². The molecule has 0 spiro atoms. The Morgan fingerprint density at radius 2 is 1.38 bits per heavy atom. The van der Waals surface area contributed by atoms with Crippen LogP contribution in [0.1, 0.15) is 20.7 Å². The number of carbonyl (C=O) groups excluding carboxylic acids is 2. The molecule has 0 bridgehead atoms. The number of hydrogen-bond acceptors (Lipinski definition) is 3. The van der Waals surface area contributed by atoms with E-state index >= 15 is 0 Å². The lowest BCUT2D eigenvalue weighted by atomic mass is 10.1. The van der Waals surface area contributed by atoms with Gasteiger partial charge in [0.2, 0.25) is 0 Å². The minimum atomic E-state index is -0.657. The fourth-order valence-corrected chi connectivity index (χ4v) is 1.18. The van der Waals surface area contributed by atoms with Crippen LogP contribution in [-0.4, -0.2) is 22.1 Å². The highest BCUT2D eigenvalue weighted by molar-refractivity contribution is 6.20. The summed E-state index contributed by atoms with van der Waals surface area (Å²) in [6.45, 7) is 0. The van der Waals surface area contributed by atoms with Gasteiger partial charge < -0.3 is 6.15 Å². The van der Waals surface area contributed by atoms with Gasteiger partial charge in [-0.05, 0) is 12.1 Å². The molecule has 5 heteroatoms.